The molecule has 84 valence electrons. The second-order valence-electron chi connectivity index (χ2n) is 2.01. The van der Waals surface area contributed by atoms with E-state index < -0.39 is 0 Å². The zero-order valence-corrected chi connectivity index (χ0v) is 16.7. The summed E-state index contributed by atoms with van der Waals surface area (Å²) in [5.41, 5.74) is 0. The van der Waals surface area contributed by atoms with Gasteiger partial charge in [-0.2, -0.15) is 12.2 Å². The third-order valence-corrected chi connectivity index (χ3v) is 1.17. The third-order valence-electron chi connectivity index (χ3n) is 1.17. The molecule has 0 spiro atoms. The van der Waals surface area contributed by atoms with E-state index >= 15 is 0 Å². The van der Waals surface area contributed by atoms with Gasteiger partial charge in [0.25, 0.3) is 0 Å². The van der Waals surface area contributed by atoms with Crippen LogP contribution in [0.1, 0.15) is 12.8 Å². The first-order valence-electron chi connectivity index (χ1n) is 3.93. The summed E-state index contributed by atoms with van der Waals surface area (Å²) < 4.78 is 0. The minimum absolute atomic E-state index is 0. The molecule has 0 nitrogen and oxygen atoms in total. The fourth-order valence-corrected chi connectivity index (χ4v) is 0.680. The molecular formula is C10H16Cl2HfSi2-2. The molecule has 0 heterocycles. The van der Waals surface area contributed by atoms with Crippen LogP contribution in [-0.4, -0.2) is 19.5 Å². The Hall–Kier alpha value is 0.844. The predicted octanol–water partition coefficient (Wildman–Crippen LogP) is 1.62. The van der Waals surface area contributed by atoms with Crippen molar-refractivity contribution in [3.63, 3.8) is 0 Å². The standard InChI is InChI=1S/2C5H5.2ClH.Hf.H4Si2/c2*1-2-4-5-3-1;;;;1-2/h2*1-3H,4H2;2*1H;;1-2H2/q2*-1;;;;. The molecule has 0 amide bonds. The molecule has 0 aromatic rings. The minimum Gasteiger partial charge on any atom is -0.273 e. The van der Waals surface area contributed by atoms with E-state index in [1.165, 1.54) is 0 Å². The molecular weight excluding hydrogens is 426 g/mol. The Morgan fingerprint density at radius 2 is 1.13 bits per heavy atom. The number of hydrogen-bond acceptors (Lipinski definition) is 0. The van der Waals surface area contributed by atoms with Crippen molar-refractivity contribution >= 4 is 44.3 Å². The zero-order chi connectivity index (χ0) is 9.07. The zero-order valence-electron chi connectivity index (χ0n) is 8.61. The summed E-state index contributed by atoms with van der Waals surface area (Å²) in [5.74, 6) is 0. The van der Waals surface area contributed by atoms with Crippen molar-refractivity contribution in [1.82, 2.24) is 0 Å². The van der Waals surface area contributed by atoms with Crippen LogP contribution < -0.4 is 0 Å². The predicted molar refractivity (Wildman–Crippen MR) is 74.7 cm³/mol. The number of halogens is 2. The van der Waals surface area contributed by atoms with Crippen molar-refractivity contribution in [2.75, 3.05) is 0 Å². The molecule has 0 saturated carbocycles. The van der Waals surface area contributed by atoms with Gasteiger partial charge in [-0.25, -0.2) is 24.3 Å². The van der Waals surface area contributed by atoms with Gasteiger partial charge >= 0.3 is 0 Å². The summed E-state index contributed by atoms with van der Waals surface area (Å²) in [5, 5.41) is 0. The Balaban J connectivity index is -0.0000000592. The van der Waals surface area contributed by atoms with E-state index in [1.54, 1.807) is 0 Å². The van der Waals surface area contributed by atoms with Gasteiger partial charge in [0.15, 0.2) is 0 Å². The molecule has 0 aromatic heterocycles. The molecule has 0 bridgehead atoms. The van der Waals surface area contributed by atoms with Crippen molar-refractivity contribution in [2.24, 2.45) is 0 Å². The smallest absolute Gasteiger partial charge is 0 e. The second kappa shape index (κ2) is 24.2. The van der Waals surface area contributed by atoms with E-state index in [9.17, 15) is 0 Å². The molecule has 2 aliphatic rings. The van der Waals surface area contributed by atoms with Gasteiger partial charge in [0.1, 0.15) is 0 Å². The van der Waals surface area contributed by atoms with E-state index in [2.05, 4.69) is 24.3 Å². The Labute approximate surface area is 131 Å². The summed E-state index contributed by atoms with van der Waals surface area (Å²) in [7, 11) is 3.78. The molecule has 0 N–H and O–H groups in total. The molecule has 2 aliphatic carbocycles. The first-order valence-corrected chi connectivity index (χ1v) is 7.93. The molecule has 15 heavy (non-hydrogen) atoms. The van der Waals surface area contributed by atoms with Crippen molar-refractivity contribution < 1.29 is 25.8 Å². The van der Waals surface area contributed by atoms with Crippen molar-refractivity contribution in [3.05, 3.63) is 48.6 Å². The summed E-state index contributed by atoms with van der Waals surface area (Å²) in [6.07, 6.45) is 20.0. The third kappa shape index (κ3) is 20.8. The van der Waals surface area contributed by atoms with Crippen molar-refractivity contribution in [1.29, 1.82) is 0 Å². The van der Waals surface area contributed by atoms with Crippen molar-refractivity contribution in [3.8, 4) is 0 Å². The van der Waals surface area contributed by atoms with Crippen LogP contribution >= 0.6 is 24.8 Å². The average Bonchev–Trinajstić information content (AvgIpc) is 2.87. The Morgan fingerprint density at radius 1 is 0.800 bits per heavy atom. The maximum atomic E-state index is 2.99. The van der Waals surface area contributed by atoms with Gasteiger partial charge in [0.05, 0.1) is 0 Å². The van der Waals surface area contributed by atoms with E-state index in [0.29, 0.717) is 0 Å². The fraction of sp³-hybridized carbons (Fsp3) is 0.200. The normalized spacial score (nSPS) is 12.1. The maximum absolute atomic E-state index is 2.99. The molecule has 0 saturated heterocycles. The number of hydrogen-bond donors (Lipinski definition) is 0. The summed E-state index contributed by atoms with van der Waals surface area (Å²) in [6.45, 7) is 0. The van der Waals surface area contributed by atoms with Gasteiger partial charge in [-0.15, -0.1) is 37.7 Å². The first-order chi connectivity index (χ1) is 6.00. The molecule has 0 fully saturated rings. The Morgan fingerprint density at radius 3 is 1.20 bits per heavy atom. The topological polar surface area (TPSA) is 0 Å². The number of allylic oxidation sites excluding steroid dienone is 8. The van der Waals surface area contributed by atoms with Crippen LogP contribution in [0, 0.1) is 12.2 Å². The van der Waals surface area contributed by atoms with Gasteiger partial charge in [-0.1, -0.05) is 0 Å². The maximum Gasteiger partial charge on any atom is 0 e. The quantitative estimate of drug-likeness (QED) is 0.396. The molecule has 0 unspecified atom stereocenters. The molecule has 0 aliphatic heterocycles. The van der Waals surface area contributed by atoms with E-state index in [4.69, 9.17) is 0 Å². The summed E-state index contributed by atoms with van der Waals surface area (Å²) in [4.78, 5) is 0. The number of rotatable bonds is 0. The Kier molecular flexibility index (Phi) is 40.1. The van der Waals surface area contributed by atoms with Crippen LogP contribution in [0.3, 0.4) is 0 Å². The SMILES string of the molecule is Cl.Cl.[C-]1=CC=CC1.[C-]1=CC=CC1.[Hf].[SiH2][SiH2]. The Bertz CT molecular complexity index is 160. The fourth-order valence-electron chi connectivity index (χ4n) is 0.680. The average molecular weight is 442 g/mol. The second-order valence-corrected chi connectivity index (χ2v) is 2.01. The van der Waals surface area contributed by atoms with Crippen LogP contribution in [0.15, 0.2) is 36.5 Å². The monoisotopic (exact) mass is 442 g/mol. The van der Waals surface area contributed by atoms with Crippen molar-refractivity contribution in [2.45, 2.75) is 12.8 Å². The van der Waals surface area contributed by atoms with Crippen LogP contribution in [0.5, 0.6) is 0 Å². The first kappa shape index (κ1) is 24.9. The van der Waals surface area contributed by atoms with Crippen LogP contribution in [0.25, 0.3) is 0 Å². The molecule has 2 rings (SSSR count). The van der Waals surface area contributed by atoms with E-state index in [-0.39, 0.29) is 50.7 Å². The van der Waals surface area contributed by atoms with Crippen LogP contribution in [-0.2, 0) is 25.8 Å². The van der Waals surface area contributed by atoms with E-state index in [0.717, 1.165) is 12.8 Å². The largest absolute Gasteiger partial charge is 0.273 e. The molecule has 0 atom stereocenters. The van der Waals surface area contributed by atoms with Gasteiger partial charge in [-0.05, 0) is 19.5 Å². The van der Waals surface area contributed by atoms with Gasteiger partial charge in [0.2, 0.25) is 0 Å². The van der Waals surface area contributed by atoms with E-state index in [1.807, 2.05) is 43.8 Å². The molecule has 0 aromatic carbocycles. The molecule has 2 radical (unpaired) electrons. The van der Waals surface area contributed by atoms with Crippen LogP contribution in [0.4, 0.5) is 0 Å². The van der Waals surface area contributed by atoms with Gasteiger partial charge in [-0.3, -0.25) is 12.2 Å². The summed E-state index contributed by atoms with van der Waals surface area (Å²) in [6, 6.07) is 0. The van der Waals surface area contributed by atoms with Gasteiger partial charge in [0, 0.05) is 25.8 Å². The minimum atomic E-state index is 0. The molecule has 5 heteroatoms. The summed E-state index contributed by atoms with van der Waals surface area (Å²) >= 11 is 0. The van der Waals surface area contributed by atoms with Crippen LogP contribution in [0.2, 0.25) is 0 Å². The van der Waals surface area contributed by atoms with Gasteiger partial charge < -0.3 is 0 Å².